The standard InChI is InChI=1S/C19H23B2ClN2O3/c20-19(21,12-23)27-17-6-5-15(11-16(17)22)13-1-3-14(4-2-13)18(25)24-7-9-26-10-8-24/h1-6,11H,7-10,12,20-21,23H2. The summed E-state index contributed by atoms with van der Waals surface area (Å²) in [6.07, 6.45) is 0. The fraction of sp³-hybridized carbons (Fsp3) is 0.316. The molecule has 3 rings (SSSR count). The molecule has 1 fully saturated rings. The molecule has 0 saturated carbocycles. The van der Waals surface area contributed by atoms with Crippen molar-refractivity contribution in [3.63, 3.8) is 0 Å². The van der Waals surface area contributed by atoms with Crippen LogP contribution in [-0.2, 0) is 4.74 Å². The Kier molecular flexibility index (Phi) is 6.15. The molecule has 1 amide bonds. The summed E-state index contributed by atoms with van der Waals surface area (Å²) < 4.78 is 11.2. The van der Waals surface area contributed by atoms with Crippen LogP contribution in [0.2, 0.25) is 5.02 Å². The highest BCUT2D eigenvalue weighted by molar-refractivity contribution is 6.39. The maximum Gasteiger partial charge on any atom is 0.254 e. The predicted octanol–water partition coefficient (Wildman–Crippen LogP) is 0.737. The monoisotopic (exact) mass is 384 g/mol. The maximum atomic E-state index is 12.5. The van der Waals surface area contributed by atoms with Gasteiger partial charge in [0.25, 0.3) is 5.91 Å². The molecule has 27 heavy (non-hydrogen) atoms. The lowest BCUT2D eigenvalue weighted by Gasteiger charge is -2.27. The Morgan fingerprint density at radius 3 is 2.37 bits per heavy atom. The summed E-state index contributed by atoms with van der Waals surface area (Å²) in [6.45, 7) is 2.85. The molecule has 0 bridgehead atoms. The summed E-state index contributed by atoms with van der Waals surface area (Å²) in [7, 11) is 3.84. The molecule has 2 N–H and O–H groups in total. The molecule has 0 atom stereocenters. The number of morpholine rings is 1. The molecule has 0 aliphatic carbocycles. The minimum absolute atomic E-state index is 0.0376. The maximum absolute atomic E-state index is 12.5. The summed E-state index contributed by atoms with van der Waals surface area (Å²) in [6, 6.07) is 13.2. The van der Waals surface area contributed by atoms with Crippen LogP contribution in [0, 0.1) is 0 Å². The first-order valence-corrected chi connectivity index (χ1v) is 9.43. The molecular formula is C19H23B2ClN2O3. The van der Waals surface area contributed by atoms with E-state index in [4.69, 9.17) is 26.8 Å². The van der Waals surface area contributed by atoms with Crippen molar-refractivity contribution in [3.8, 4) is 16.9 Å². The molecule has 2 aromatic rings. The quantitative estimate of drug-likeness (QED) is 0.773. The Morgan fingerprint density at radius 2 is 1.78 bits per heavy atom. The van der Waals surface area contributed by atoms with Crippen LogP contribution in [-0.4, -0.2) is 64.7 Å². The van der Waals surface area contributed by atoms with Crippen LogP contribution in [0.25, 0.3) is 11.1 Å². The first-order valence-electron chi connectivity index (χ1n) is 9.06. The number of nitrogens with two attached hydrogens (primary N) is 1. The van der Waals surface area contributed by atoms with Crippen molar-refractivity contribution >= 4 is 33.2 Å². The van der Waals surface area contributed by atoms with Crippen LogP contribution in [0.4, 0.5) is 0 Å². The van der Waals surface area contributed by atoms with E-state index < -0.39 is 5.40 Å². The number of benzene rings is 2. The van der Waals surface area contributed by atoms with Crippen LogP contribution in [0.5, 0.6) is 5.75 Å². The number of ether oxygens (including phenoxy) is 2. The van der Waals surface area contributed by atoms with Gasteiger partial charge in [-0.05, 0) is 35.4 Å². The van der Waals surface area contributed by atoms with Gasteiger partial charge < -0.3 is 20.1 Å². The van der Waals surface area contributed by atoms with E-state index in [0.29, 0.717) is 49.2 Å². The van der Waals surface area contributed by atoms with Crippen molar-refractivity contribution in [2.45, 2.75) is 5.40 Å². The molecule has 2 aromatic carbocycles. The number of rotatable bonds is 5. The molecule has 0 aromatic heterocycles. The number of carbonyl (C=O) groups excluding carboxylic acids is 1. The van der Waals surface area contributed by atoms with Crippen LogP contribution in [0.1, 0.15) is 10.4 Å². The minimum Gasteiger partial charge on any atom is -0.503 e. The van der Waals surface area contributed by atoms with Gasteiger partial charge in [-0.15, -0.1) is 0 Å². The van der Waals surface area contributed by atoms with E-state index in [2.05, 4.69) is 0 Å². The van der Waals surface area contributed by atoms with Gasteiger partial charge in [-0.25, -0.2) is 0 Å². The first kappa shape index (κ1) is 19.8. The molecule has 1 aliphatic heterocycles. The van der Waals surface area contributed by atoms with Crippen LogP contribution in [0.3, 0.4) is 0 Å². The van der Waals surface area contributed by atoms with Crippen molar-refractivity contribution in [1.29, 1.82) is 0 Å². The van der Waals surface area contributed by atoms with Gasteiger partial charge in [0.05, 0.1) is 23.6 Å². The second-order valence-electron chi connectivity index (χ2n) is 7.19. The van der Waals surface area contributed by atoms with Crippen LogP contribution < -0.4 is 10.5 Å². The van der Waals surface area contributed by atoms with Crippen molar-refractivity contribution in [2.24, 2.45) is 5.73 Å². The zero-order valence-electron chi connectivity index (χ0n) is 15.7. The Balaban J connectivity index is 1.75. The fourth-order valence-electron chi connectivity index (χ4n) is 2.86. The second kappa shape index (κ2) is 8.38. The van der Waals surface area contributed by atoms with E-state index in [-0.39, 0.29) is 5.91 Å². The number of nitrogens with zero attached hydrogens (tertiary/aromatic N) is 1. The highest BCUT2D eigenvalue weighted by Gasteiger charge is 2.20. The van der Waals surface area contributed by atoms with E-state index in [1.165, 1.54) is 0 Å². The lowest BCUT2D eigenvalue weighted by Crippen LogP contribution is -2.44. The van der Waals surface area contributed by atoms with Crippen LogP contribution in [0.15, 0.2) is 42.5 Å². The van der Waals surface area contributed by atoms with Crippen LogP contribution >= 0.6 is 11.6 Å². The third-order valence-electron chi connectivity index (χ3n) is 4.57. The smallest absolute Gasteiger partial charge is 0.254 e. The molecule has 0 spiro atoms. The van der Waals surface area contributed by atoms with Gasteiger partial charge in [0.1, 0.15) is 21.4 Å². The molecule has 5 nitrogen and oxygen atoms in total. The molecular weight excluding hydrogens is 361 g/mol. The molecule has 1 heterocycles. The van der Waals surface area contributed by atoms with Crippen molar-refractivity contribution in [3.05, 3.63) is 53.1 Å². The first-order chi connectivity index (χ1) is 12.9. The summed E-state index contributed by atoms with van der Waals surface area (Å²) in [5.41, 5.74) is 8.34. The van der Waals surface area contributed by atoms with Gasteiger partial charge in [-0.1, -0.05) is 29.8 Å². The molecule has 1 saturated heterocycles. The van der Waals surface area contributed by atoms with Crippen molar-refractivity contribution < 1.29 is 14.3 Å². The fourth-order valence-corrected chi connectivity index (χ4v) is 3.08. The third-order valence-corrected chi connectivity index (χ3v) is 4.87. The van der Waals surface area contributed by atoms with Crippen molar-refractivity contribution in [2.75, 3.05) is 32.8 Å². The number of amides is 1. The Bertz CT molecular complexity index is 809. The number of hydrogen-bond donors (Lipinski definition) is 1. The second-order valence-corrected chi connectivity index (χ2v) is 7.60. The van der Waals surface area contributed by atoms with Gasteiger partial charge in [0.15, 0.2) is 0 Å². The highest BCUT2D eigenvalue weighted by atomic mass is 35.5. The third kappa shape index (κ3) is 4.86. The minimum atomic E-state index is -0.480. The number of carbonyl (C=O) groups is 1. The van der Waals surface area contributed by atoms with Gasteiger partial charge in [0.2, 0.25) is 0 Å². The molecule has 0 radical (unpaired) electrons. The van der Waals surface area contributed by atoms with Crippen molar-refractivity contribution in [1.82, 2.24) is 4.90 Å². The molecule has 8 heteroatoms. The van der Waals surface area contributed by atoms with E-state index in [9.17, 15) is 4.79 Å². The Morgan fingerprint density at radius 1 is 1.15 bits per heavy atom. The average Bonchev–Trinajstić information content (AvgIpc) is 2.70. The number of halogens is 1. The predicted molar refractivity (Wildman–Crippen MR) is 113 cm³/mol. The zero-order chi connectivity index (χ0) is 19.4. The topological polar surface area (TPSA) is 64.8 Å². The Hall–Kier alpha value is -1.95. The van der Waals surface area contributed by atoms with E-state index in [1.54, 1.807) is 0 Å². The van der Waals surface area contributed by atoms with Gasteiger partial charge in [0, 0.05) is 25.2 Å². The van der Waals surface area contributed by atoms with E-state index >= 15 is 0 Å². The van der Waals surface area contributed by atoms with E-state index in [1.807, 2.05) is 63.1 Å². The molecule has 140 valence electrons. The highest BCUT2D eigenvalue weighted by Crippen LogP contribution is 2.32. The summed E-state index contributed by atoms with van der Waals surface area (Å²) in [4.78, 5) is 14.4. The van der Waals surface area contributed by atoms with Gasteiger partial charge >= 0.3 is 0 Å². The average molecular weight is 384 g/mol. The van der Waals surface area contributed by atoms with Gasteiger partial charge in [-0.3, -0.25) is 4.79 Å². The van der Waals surface area contributed by atoms with E-state index in [0.717, 1.165) is 11.1 Å². The summed E-state index contributed by atoms with van der Waals surface area (Å²) >= 11 is 6.39. The number of hydrogen-bond acceptors (Lipinski definition) is 4. The normalized spacial score (nSPS) is 14.8. The lowest BCUT2D eigenvalue weighted by atomic mass is 9.65. The molecule has 1 aliphatic rings. The van der Waals surface area contributed by atoms with Gasteiger partial charge in [-0.2, -0.15) is 0 Å². The summed E-state index contributed by atoms with van der Waals surface area (Å²) in [5.74, 6) is 0.644. The largest absolute Gasteiger partial charge is 0.503 e. The Labute approximate surface area is 166 Å². The molecule has 0 unspecified atom stereocenters. The lowest BCUT2D eigenvalue weighted by molar-refractivity contribution is 0.0303. The summed E-state index contributed by atoms with van der Waals surface area (Å²) in [5, 5.41) is 0.0506. The zero-order valence-corrected chi connectivity index (χ0v) is 16.5. The SMILES string of the molecule is BC(B)(CN)Oc1ccc(-c2ccc(C(=O)N3CCOCC3)cc2)cc1Cl.